The zero-order valence-electron chi connectivity index (χ0n) is 15.9. The predicted molar refractivity (Wildman–Crippen MR) is 106 cm³/mol. The van der Waals surface area contributed by atoms with Gasteiger partial charge in [0.25, 0.3) is 0 Å². The lowest BCUT2D eigenvalue weighted by molar-refractivity contribution is -0.127. The van der Waals surface area contributed by atoms with Gasteiger partial charge in [-0.15, -0.1) is 0 Å². The largest absolute Gasteiger partial charge is 0.462 e. The van der Waals surface area contributed by atoms with Crippen molar-refractivity contribution in [3.8, 4) is 0 Å². The first-order valence-corrected chi connectivity index (χ1v) is 11.0. The summed E-state index contributed by atoms with van der Waals surface area (Å²) in [5, 5.41) is 0. The van der Waals surface area contributed by atoms with Crippen molar-refractivity contribution in [1.82, 2.24) is 9.21 Å². The van der Waals surface area contributed by atoms with Gasteiger partial charge in [0.05, 0.1) is 4.90 Å². The molecule has 1 saturated heterocycles. The number of nitrogens with zero attached hydrogens (tertiary/aromatic N) is 2. The molecule has 2 aliphatic rings. The monoisotopic (exact) mass is 400 g/mol. The highest BCUT2D eigenvalue weighted by molar-refractivity contribution is 7.89. The molecule has 0 saturated carbocycles. The Balaban J connectivity index is 1.39. The standard InChI is InChI=1S/C21H24N2O4S/c1-16-5-7-19(27-16)8-10-21(24)22-11-13-23(14-12-22)28(25,26)20-9-6-17-3-2-4-18(17)15-20/h5-10,15H,2-4,11-14H2,1H3/b10-8+. The van der Waals surface area contributed by atoms with E-state index in [2.05, 4.69) is 0 Å². The summed E-state index contributed by atoms with van der Waals surface area (Å²) in [6.45, 7) is 3.21. The third-order valence-electron chi connectivity index (χ3n) is 5.41. The summed E-state index contributed by atoms with van der Waals surface area (Å²) in [4.78, 5) is 14.4. The highest BCUT2D eigenvalue weighted by Crippen LogP contribution is 2.26. The molecule has 0 atom stereocenters. The molecule has 1 aromatic heterocycles. The Bertz CT molecular complexity index is 1010. The van der Waals surface area contributed by atoms with E-state index in [9.17, 15) is 13.2 Å². The topological polar surface area (TPSA) is 70.8 Å². The van der Waals surface area contributed by atoms with Gasteiger partial charge in [-0.05, 0) is 67.7 Å². The summed E-state index contributed by atoms with van der Waals surface area (Å²) in [5.74, 6) is 1.28. The van der Waals surface area contributed by atoms with Crippen LogP contribution in [0.4, 0.5) is 0 Å². The molecule has 2 heterocycles. The van der Waals surface area contributed by atoms with E-state index in [0.717, 1.165) is 30.6 Å². The molecule has 0 bridgehead atoms. The second-order valence-corrected chi connectivity index (χ2v) is 9.23. The van der Waals surface area contributed by atoms with Crippen LogP contribution < -0.4 is 0 Å². The van der Waals surface area contributed by atoms with E-state index in [0.29, 0.717) is 36.8 Å². The van der Waals surface area contributed by atoms with Crippen LogP contribution >= 0.6 is 0 Å². The Morgan fingerprint density at radius 2 is 1.79 bits per heavy atom. The van der Waals surface area contributed by atoms with E-state index in [1.165, 1.54) is 15.9 Å². The van der Waals surface area contributed by atoms with Crippen molar-refractivity contribution in [1.29, 1.82) is 0 Å². The molecule has 6 nitrogen and oxygen atoms in total. The number of hydrogen-bond donors (Lipinski definition) is 0. The molecule has 2 aromatic rings. The van der Waals surface area contributed by atoms with Gasteiger partial charge in [0.2, 0.25) is 15.9 Å². The van der Waals surface area contributed by atoms with Crippen LogP contribution in [0.5, 0.6) is 0 Å². The van der Waals surface area contributed by atoms with Gasteiger partial charge >= 0.3 is 0 Å². The van der Waals surface area contributed by atoms with Crippen LogP contribution in [-0.4, -0.2) is 49.7 Å². The van der Waals surface area contributed by atoms with E-state index in [1.807, 2.05) is 25.1 Å². The minimum Gasteiger partial charge on any atom is -0.462 e. The van der Waals surface area contributed by atoms with Gasteiger partial charge in [-0.1, -0.05) is 6.07 Å². The number of carbonyl (C=O) groups excluding carboxylic acids is 1. The molecule has 0 unspecified atom stereocenters. The van der Waals surface area contributed by atoms with Gasteiger partial charge in [0.15, 0.2) is 0 Å². The summed E-state index contributed by atoms with van der Waals surface area (Å²) in [7, 11) is -3.52. The van der Waals surface area contributed by atoms with Crippen LogP contribution in [0.2, 0.25) is 0 Å². The SMILES string of the molecule is Cc1ccc(/C=C/C(=O)N2CCN(S(=O)(=O)c3ccc4c(c3)CCC4)CC2)o1. The molecule has 148 valence electrons. The number of rotatable bonds is 4. The molecule has 1 fully saturated rings. The lowest BCUT2D eigenvalue weighted by Gasteiger charge is -2.33. The number of aryl methyl sites for hydroxylation is 3. The van der Waals surface area contributed by atoms with Crippen LogP contribution in [0.25, 0.3) is 6.08 Å². The van der Waals surface area contributed by atoms with Crippen LogP contribution in [0.1, 0.15) is 29.1 Å². The Kier molecular flexibility index (Phi) is 5.12. The number of furan rings is 1. The van der Waals surface area contributed by atoms with E-state index >= 15 is 0 Å². The van der Waals surface area contributed by atoms with Gasteiger partial charge in [0, 0.05) is 32.3 Å². The second kappa shape index (κ2) is 7.56. The molecule has 7 heteroatoms. The molecule has 4 rings (SSSR count). The molecule has 1 aliphatic heterocycles. The quantitative estimate of drug-likeness (QED) is 0.740. The second-order valence-electron chi connectivity index (χ2n) is 7.30. The van der Waals surface area contributed by atoms with Crippen molar-refractivity contribution in [3.05, 3.63) is 59.1 Å². The van der Waals surface area contributed by atoms with E-state index < -0.39 is 10.0 Å². The maximum absolute atomic E-state index is 13.0. The molecule has 1 amide bonds. The van der Waals surface area contributed by atoms with Crippen molar-refractivity contribution in [2.24, 2.45) is 0 Å². The Morgan fingerprint density at radius 1 is 1.04 bits per heavy atom. The van der Waals surface area contributed by atoms with Gasteiger partial charge in [-0.2, -0.15) is 4.31 Å². The van der Waals surface area contributed by atoms with Crippen LogP contribution in [-0.2, 0) is 27.7 Å². The zero-order valence-corrected chi connectivity index (χ0v) is 16.7. The van der Waals surface area contributed by atoms with Crippen molar-refractivity contribution >= 4 is 22.0 Å². The molecule has 1 aliphatic carbocycles. The Morgan fingerprint density at radius 3 is 2.50 bits per heavy atom. The third kappa shape index (κ3) is 3.77. The van der Waals surface area contributed by atoms with Crippen LogP contribution in [0.3, 0.4) is 0 Å². The van der Waals surface area contributed by atoms with Gasteiger partial charge in [-0.3, -0.25) is 4.79 Å². The van der Waals surface area contributed by atoms with E-state index in [4.69, 9.17) is 4.42 Å². The lowest BCUT2D eigenvalue weighted by Crippen LogP contribution is -2.50. The molecular weight excluding hydrogens is 376 g/mol. The number of hydrogen-bond acceptors (Lipinski definition) is 4. The normalized spacial score (nSPS) is 18.0. The zero-order chi connectivity index (χ0) is 19.7. The fourth-order valence-electron chi connectivity index (χ4n) is 3.81. The first-order valence-electron chi connectivity index (χ1n) is 9.59. The smallest absolute Gasteiger partial charge is 0.246 e. The Hall–Kier alpha value is -2.38. The first-order chi connectivity index (χ1) is 13.4. The van der Waals surface area contributed by atoms with Gasteiger partial charge in [0.1, 0.15) is 11.5 Å². The summed E-state index contributed by atoms with van der Waals surface area (Å²) in [6.07, 6.45) is 6.18. The molecule has 0 radical (unpaired) electrons. The summed E-state index contributed by atoms with van der Waals surface area (Å²) in [5.41, 5.74) is 2.40. The molecule has 0 N–H and O–H groups in total. The number of sulfonamides is 1. The highest BCUT2D eigenvalue weighted by atomic mass is 32.2. The summed E-state index contributed by atoms with van der Waals surface area (Å²) < 4.78 is 32.8. The van der Waals surface area contributed by atoms with Crippen molar-refractivity contribution in [2.45, 2.75) is 31.1 Å². The average molecular weight is 401 g/mol. The summed E-state index contributed by atoms with van der Waals surface area (Å²) >= 11 is 0. The van der Waals surface area contributed by atoms with Crippen molar-refractivity contribution in [3.63, 3.8) is 0 Å². The maximum Gasteiger partial charge on any atom is 0.246 e. The number of amides is 1. The number of benzene rings is 1. The van der Waals surface area contributed by atoms with E-state index in [-0.39, 0.29) is 5.91 Å². The molecule has 0 spiro atoms. The lowest BCUT2D eigenvalue weighted by atomic mass is 10.1. The van der Waals surface area contributed by atoms with Gasteiger partial charge in [-0.25, -0.2) is 8.42 Å². The van der Waals surface area contributed by atoms with E-state index in [1.54, 1.807) is 23.1 Å². The maximum atomic E-state index is 13.0. The molecule has 28 heavy (non-hydrogen) atoms. The summed E-state index contributed by atoms with van der Waals surface area (Å²) in [6, 6.07) is 9.12. The fraction of sp³-hybridized carbons (Fsp3) is 0.381. The molecular formula is C21H24N2O4S. The van der Waals surface area contributed by atoms with Crippen molar-refractivity contribution in [2.75, 3.05) is 26.2 Å². The molecule has 1 aromatic carbocycles. The van der Waals surface area contributed by atoms with Crippen LogP contribution in [0, 0.1) is 6.92 Å². The number of carbonyl (C=O) groups is 1. The first kappa shape index (κ1) is 19.0. The van der Waals surface area contributed by atoms with Crippen molar-refractivity contribution < 1.29 is 17.6 Å². The minimum atomic E-state index is -3.52. The number of piperazine rings is 1. The highest BCUT2D eigenvalue weighted by Gasteiger charge is 2.30. The number of fused-ring (bicyclic) bond motifs is 1. The minimum absolute atomic E-state index is 0.136. The van der Waals surface area contributed by atoms with Gasteiger partial charge < -0.3 is 9.32 Å². The third-order valence-corrected chi connectivity index (χ3v) is 7.30. The average Bonchev–Trinajstić information content (AvgIpc) is 3.34. The Labute approximate surface area is 165 Å². The predicted octanol–water partition coefficient (Wildman–Crippen LogP) is 2.62. The fourth-order valence-corrected chi connectivity index (χ4v) is 5.28. The van der Waals surface area contributed by atoms with Crippen LogP contribution in [0.15, 0.2) is 45.7 Å².